The second-order valence-electron chi connectivity index (χ2n) is 7.30. The van der Waals surface area contributed by atoms with Crippen LogP contribution in [0.2, 0.25) is 0 Å². The Kier molecular flexibility index (Phi) is 4.04. The van der Waals surface area contributed by atoms with Gasteiger partial charge in [-0.2, -0.15) is 0 Å². The zero-order valence-corrected chi connectivity index (χ0v) is 13.0. The van der Waals surface area contributed by atoms with E-state index in [0.29, 0.717) is 0 Å². The molecular weight excluding hydrogens is 260 g/mol. The van der Waals surface area contributed by atoms with Crippen LogP contribution in [0.5, 0.6) is 0 Å². The quantitative estimate of drug-likeness (QED) is 0.865. The summed E-state index contributed by atoms with van der Waals surface area (Å²) in [7, 11) is 0. The van der Waals surface area contributed by atoms with Crippen molar-refractivity contribution in [3.05, 3.63) is 23.7 Å². The fourth-order valence-corrected chi connectivity index (χ4v) is 4.28. The van der Waals surface area contributed by atoms with Crippen molar-refractivity contribution in [1.82, 2.24) is 10.2 Å². The van der Waals surface area contributed by atoms with E-state index >= 15 is 0 Å². The molecular formula is C18H28N2O. The minimum atomic E-state index is 0.772. The molecule has 1 aliphatic heterocycles. The second-order valence-corrected chi connectivity index (χ2v) is 7.30. The molecule has 116 valence electrons. The first-order valence-corrected chi connectivity index (χ1v) is 8.92. The highest BCUT2D eigenvalue weighted by Crippen LogP contribution is 2.36. The van der Waals surface area contributed by atoms with E-state index in [1.54, 1.807) is 0 Å². The molecule has 1 unspecified atom stereocenters. The zero-order chi connectivity index (χ0) is 14.1. The molecule has 0 bridgehead atoms. The molecule has 2 saturated carbocycles. The lowest BCUT2D eigenvalue weighted by Crippen LogP contribution is -2.34. The van der Waals surface area contributed by atoms with E-state index in [1.165, 1.54) is 63.5 Å². The van der Waals surface area contributed by atoms with Crippen molar-refractivity contribution in [2.24, 2.45) is 5.92 Å². The number of rotatable bonds is 6. The summed E-state index contributed by atoms with van der Waals surface area (Å²) in [6.45, 7) is 3.25. The van der Waals surface area contributed by atoms with Gasteiger partial charge in [-0.3, -0.25) is 4.90 Å². The largest absolute Gasteiger partial charge is 0.468 e. The molecule has 3 fully saturated rings. The third-order valence-electron chi connectivity index (χ3n) is 5.60. The van der Waals surface area contributed by atoms with Crippen LogP contribution >= 0.6 is 0 Å². The van der Waals surface area contributed by atoms with Crippen LogP contribution in [0.15, 0.2) is 16.7 Å². The summed E-state index contributed by atoms with van der Waals surface area (Å²) in [5, 5.41) is 3.56. The van der Waals surface area contributed by atoms with Gasteiger partial charge < -0.3 is 9.73 Å². The predicted molar refractivity (Wildman–Crippen MR) is 84.0 cm³/mol. The molecule has 1 saturated heterocycles. The van der Waals surface area contributed by atoms with E-state index in [4.69, 9.17) is 4.42 Å². The van der Waals surface area contributed by atoms with Crippen LogP contribution in [0.1, 0.15) is 62.7 Å². The van der Waals surface area contributed by atoms with Gasteiger partial charge in [0.25, 0.3) is 0 Å². The molecule has 2 aliphatic carbocycles. The van der Waals surface area contributed by atoms with Crippen LogP contribution < -0.4 is 5.32 Å². The van der Waals surface area contributed by atoms with E-state index in [2.05, 4.69) is 16.3 Å². The Morgan fingerprint density at radius 2 is 1.95 bits per heavy atom. The summed E-state index contributed by atoms with van der Waals surface area (Å²) in [6.07, 6.45) is 13.2. The zero-order valence-electron chi connectivity index (χ0n) is 13.0. The highest BCUT2D eigenvalue weighted by molar-refractivity contribution is 5.13. The normalized spacial score (nSPS) is 27.7. The van der Waals surface area contributed by atoms with Crippen LogP contribution in [-0.2, 0) is 13.1 Å². The lowest BCUT2D eigenvalue weighted by atomic mass is 9.96. The van der Waals surface area contributed by atoms with Gasteiger partial charge in [0.15, 0.2) is 0 Å². The topological polar surface area (TPSA) is 28.4 Å². The Hall–Kier alpha value is -0.800. The number of hydrogen-bond acceptors (Lipinski definition) is 3. The number of nitrogens with one attached hydrogen (secondary N) is 1. The standard InChI is InChI=1S/C18H28N2O/c1-2-5-15(4-1)18-6-3-9-20(18)12-17-10-14(13-21-17)11-19-16-7-8-16/h10,13,15-16,18-19H,1-9,11-12H2. The monoisotopic (exact) mass is 288 g/mol. The maximum atomic E-state index is 5.81. The molecule has 1 aromatic rings. The molecule has 1 aromatic heterocycles. The maximum absolute atomic E-state index is 5.81. The first-order chi connectivity index (χ1) is 10.4. The molecule has 1 N–H and O–H groups in total. The summed E-state index contributed by atoms with van der Waals surface area (Å²) >= 11 is 0. The minimum Gasteiger partial charge on any atom is -0.468 e. The van der Waals surface area contributed by atoms with Gasteiger partial charge in [0.1, 0.15) is 5.76 Å². The van der Waals surface area contributed by atoms with Gasteiger partial charge >= 0.3 is 0 Å². The van der Waals surface area contributed by atoms with Crippen LogP contribution in [0.3, 0.4) is 0 Å². The van der Waals surface area contributed by atoms with Crippen molar-refractivity contribution < 1.29 is 4.42 Å². The van der Waals surface area contributed by atoms with Crippen LogP contribution in [0.25, 0.3) is 0 Å². The minimum absolute atomic E-state index is 0.772. The van der Waals surface area contributed by atoms with Gasteiger partial charge in [-0.05, 0) is 57.1 Å². The lowest BCUT2D eigenvalue weighted by Gasteiger charge is -2.28. The predicted octanol–water partition coefficient (Wildman–Crippen LogP) is 3.69. The van der Waals surface area contributed by atoms with Crippen LogP contribution in [0, 0.1) is 5.92 Å². The van der Waals surface area contributed by atoms with Crippen molar-refractivity contribution in [2.45, 2.75) is 76.5 Å². The van der Waals surface area contributed by atoms with Gasteiger partial charge in [-0.1, -0.05) is 12.8 Å². The highest BCUT2D eigenvalue weighted by Gasteiger charge is 2.33. The Bertz CT molecular complexity index is 460. The number of nitrogens with zero attached hydrogens (tertiary/aromatic N) is 1. The van der Waals surface area contributed by atoms with E-state index in [-0.39, 0.29) is 0 Å². The molecule has 3 heteroatoms. The molecule has 3 aliphatic rings. The summed E-state index contributed by atoms with van der Waals surface area (Å²) in [5.74, 6) is 2.12. The van der Waals surface area contributed by atoms with Gasteiger partial charge in [0.2, 0.25) is 0 Å². The Balaban J connectivity index is 1.33. The van der Waals surface area contributed by atoms with Gasteiger partial charge in [-0.15, -0.1) is 0 Å². The van der Waals surface area contributed by atoms with Crippen LogP contribution in [0.4, 0.5) is 0 Å². The third-order valence-corrected chi connectivity index (χ3v) is 5.60. The Labute approximate surface area is 128 Å². The molecule has 0 aromatic carbocycles. The molecule has 0 radical (unpaired) electrons. The SMILES string of the molecule is c1oc(CN2CCCC2C2CCCC2)cc1CNC1CC1. The molecule has 21 heavy (non-hydrogen) atoms. The van der Waals surface area contributed by atoms with Crippen LogP contribution in [-0.4, -0.2) is 23.5 Å². The number of furan rings is 1. The summed E-state index contributed by atoms with van der Waals surface area (Å²) in [5.41, 5.74) is 1.31. The molecule has 4 rings (SSSR count). The Morgan fingerprint density at radius 3 is 2.76 bits per heavy atom. The van der Waals surface area contributed by atoms with Crippen molar-refractivity contribution in [2.75, 3.05) is 6.54 Å². The van der Waals surface area contributed by atoms with E-state index < -0.39 is 0 Å². The Morgan fingerprint density at radius 1 is 1.10 bits per heavy atom. The summed E-state index contributed by atoms with van der Waals surface area (Å²) in [6, 6.07) is 3.86. The van der Waals surface area contributed by atoms with Crippen molar-refractivity contribution >= 4 is 0 Å². The average Bonchev–Trinajstić information content (AvgIpc) is 2.92. The van der Waals surface area contributed by atoms with E-state index in [1.807, 2.05) is 6.26 Å². The van der Waals surface area contributed by atoms with Gasteiger partial charge in [0, 0.05) is 24.2 Å². The van der Waals surface area contributed by atoms with Crippen molar-refractivity contribution in [1.29, 1.82) is 0 Å². The van der Waals surface area contributed by atoms with Gasteiger partial charge in [-0.25, -0.2) is 0 Å². The molecule has 3 nitrogen and oxygen atoms in total. The van der Waals surface area contributed by atoms with Crippen molar-refractivity contribution in [3.63, 3.8) is 0 Å². The van der Waals surface area contributed by atoms with E-state index in [0.717, 1.165) is 36.9 Å². The fraction of sp³-hybridized carbons (Fsp3) is 0.778. The fourth-order valence-electron chi connectivity index (χ4n) is 4.28. The maximum Gasteiger partial charge on any atom is 0.118 e. The molecule has 2 heterocycles. The lowest BCUT2D eigenvalue weighted by molar-refractivity contribution is 0.171. The third kappa shape index (κ3) is 3.35. The second kappa shape index (κ2) is 6.13. The first kappa shape index (κ1) is 13.8. The highest BCUT2D eigenvalue weighted by atomic mass is 16.3. The smallest absolute Gasteiger partial charge is 0.118 e. The molecule has 1 atom stereocenters. The van der Waals surface area contributed by atoms with Crippen molar-refractivity contribution in [3.8, 4) is 0 Å². The van der Waals surface area contributed by atoms with E-state index in [9.17, 15) is 0 Å². The molecule has 0 amide bonds. The van der Waals surface area contributed by atoms with Gasteiger partial charge in [0.05, 0.1) is 12.8 Å². The first-order valence-electron chi connectivity index (χ1n) is 8.92. The number of likely N-dealkylation sites (tertiary alicyclic amines) is 1. The summed E-state index contributed by atoms with van der Waals surface area (Å²) in [4.78, 5) is 2.69. The summed E-state index contributed by atoms with van der Waals surface area (Å²) < 4.78 is 5.81. The average molecular weight is 288 g/mol. The molecule has 0 spiro atoms. The number of hydrogen-bond donors (Lipinski definition) is 1.